The molecule has 3 N–H and O–H groups in total. The molecule has 1 aromatic carbocycles. The number of nitrogens with zero attached hydrogens (tertiary/aromatic N) is 1. The van der Waals surface area contributed by atoms with Gasteiger partial charge in [0.15, 0.2) is 5.76 Å². The molecule has 94 valence electrons. The number of fused-ring (bicyclic) bond motifs is 1. The zero-order valence-electron chi connectivity index (χ0n) is 10.4. The highest BCUT2D eigenvalue weighted by molar-refractivity contribution is 5.37. The molecule has 0 saturated carbocycles. The first-order chi connectivity index (χ1) is 8.74. The monoisotopic (exact) mass is 243 g/mol. The minimum absolute atomic E-state index is 0.134. The SMILES string of the molecule is Cc1cc(CNC2CC(N)c3ccccc32)on1. The summed E-state index contributed by atoms with van der Waals surface area (Å²) in [6, 6.07) is 10.8. The van der Waals surface area contributed by atoms with Crippen molar-refractivity contribution in [3.8, 4) is 0 Å². The molecule has 1 aromatic heterocycles. The maximum absolute atomic E-state index is 6.13. The molecule has 1 aliphatic rings. The summed E-state index contributed by atoms with van der Waals surface area (Å²) in [6.45, 7) is 2.61. The van der Waals surface area contributed by atoms with Gasteiger partial charge in [0.2, 0.25) is 0 Å². The van der Waals surface area contributed by atoms with E-state index in [4.69, 9.17) is 10.3 Å². The number of rotatable bonds is 3. The van der Waals surface area contributed by atoms with Crippen LogP contribution in [0.4, 0.5) is 0 Å². The predicted molar refractivity (Wildman–Crippen MR) is 68.8 cm³/mol. The lowest BCUT2D eigenvalue weighted by Gasteiger charge is -2.12. The summed E-state index contributed by atoms with van der Waals surface area (Å²) in [5, 5.41) is 7.37. The second-order valence-electron chi connectivity index (χ2n) is 4.84. The van der Waals surface area contributed by atoms with E-state index in [1.54, 1.807) is 0 Å². The number of nitrogens with two attached hydrogens (primary N) is 1. The Kier molecular flexibility index (Phi) is 2.89. The highest BCUT2D eigenvalue weighted by Gasteiger charge is 2.27. The molecule has 2 atom stereocenters. The van der Waals surface area contributed by atoms with Crippen molar-refractivity contribution in [3.63, 3.8) is 0 Å². The van der Waals surface area contributed by atoms with Crippen molar-refractivity contribution in [2.45, 2.75) is 32.0 Å². The van der Waals surface area contributed by atoms with Crippen LogP contribution in [0.15, 0.2) is 34.9 Å². The highest BCUT2D eigenvalue weighted by atomic mass is 16.5. The molecule has 0 saturated heterocycles. The molecule has 4 nitrogen and oxygen atoms in total. The van der Waals surface area contributed by atoms with E-state index in [9.17, 15) is 0 Å². The molecule has 3 rings (SSSR count). The lowest BCUT2D eigenvalue weighted by atomic mass is 10.1. The molecule has 1 heterocycles. The minimum atomic E-state index is 0.134. The summed E-state index contributed by atoms with van der Waals surface area (Å²) < 4.78 is 5.20. The van der Waals surface area contributed by atoms with Gasteiger partial charge in [-0.05, 0) is 24.5 Å². The number of hydrogen-bond donors (Lipinski definition) is 2. The zero-order chi connectivity index (χ0) is 12.5. The zero-order valence-corrected chi connectivity index (χ0v) is 10.4. The van der Waals surface area contributed by atoms with Crippen LogP contribution in [0.3, 0.4) is 0 Å². The minimum Gasteiger partial charge on any atom is -0.360 e. The highest BCUT2D eigenvalue weighted by Crippen LogP contribution is 2.36. The van der Waals surface area contributed by atoms with Crippen molar-refractivity contribution in [2.75, 3.05) is 0 Å². The van der Waals surface area contributed by atoms with Gasteiger partial charge in [-0.1, -0.05) is 29.4 Å². The molecular formula is C14H17N3O. The van der Waals surface area contributed by atoms with E-state index in [2.05, 4.69) is 28.7 Å². The topological polar surface area (TPSA) is 64.1 Å². The fraction of sp³-hybridized carbons (Fsp3) is 0.357. The third kappa shape index (κ3) is 2.05. The van der Waals surface area contributed by atoms with E-state index in [0.717, 1.165) is 17.9 Å². The van der Waals surface area contributed by atoms with Crippen molar-refractivity contribution in [2.24, 2.45) is 5.73 Å². The molecule has 18 heavy (non-hydrogen) atoms. The molecule has 2 aromatic rings. The summed E-state index contributed by atoms with van der Waals surface area (Å²) >= 11 is 0. The Labute approximate surface area is 106 Å². The molecular weight excluding hydrogens is 226 g/mol. The molecule has 0 fully saturated rings. The first-order valence-electron chi connectivity index (χ1n) is 6.24. The number of nitrogens with one attached hydrogen (secondary N) is 1. The van der Waals surface area contributed by atoms with Gasteiger partial charge in [-0.15, -0.1) is 0 Å². The smallest absolute Gasteiger partial charge is 0.150 e. The van der Waals surface area contributed by atoms with Crippen LogP contribution in [-0.2, 0) is 6.54 Å². The van der Waals surface area contributed by atoms with E-state index < -0.39 is 0 Å². The predicted octanol–water partition coefficient (Wildman–Crippen LogP) is 2.22. The van der Waals surface area contributed by atoms with Gasteiger partial charge in [0.1, 0.15) is 0 Å². The van der Waals surface area contributed by atoms with Crippen molar-refractivity contribution >= 4 is 0 Å². The number of aromatic nitrogens is 1. The largest absolute Gasteiger partial charge is 0.360 e. The average molecular weight is 243 g/mol. The van der Waals surface area contributed by atoms with Crippen LogP contribution in [0.5, 0.6) is 0 Å². The van der Waals surface area contributed by atoms with Gasteiger partial charge < -0.3 is 15.6 Å². The molecule has 0 spiro atoms. The van der Waals surface area contributed by atoms with Crippen molar-refractivity contribution < 1.29 is 4.52 Å². The summed E-state index contributed by atoms with van der Waals surface area (Å²) in [6.07, 6.45) is 0.937. The van der Waals surface area contributed by atoms with E-state index in [-0.39, 0.29) is 6.04 Å². The van der Waals surface area contributed by atoms with Gasteiger partial charge in [0.25, 0.3) is 0 Å². The third-order valence-electron chi connectivity index (χ3n) is 3.46. The Morgan fingerprint density at radius 1 is 1.39 bits per heavy atom. The summed E-state index contributed by atoms with van der Waals surface area (Å²) in [7, 11) is 0. The van der Waals surface area contributed by atoms with Gasteiger partial charge in [-0.25, -0.2) is 0 Å². The number of hydrogen-bond acceptors (Lipinski definition) is 4. The summed E-state index contributed by atoms with van der Waals surface area (Å²) in [5.74, 6) is 0.866. The van der Waals surface area contributed by atoms with Gasteiger partial charge in [0, 0.05) is 18.2 Å². The van der Waals surface area contributed by atoms with Crippen LogP contribution < -0.4 is 11.1 Å². The Bertz CT molecular complexity index is 549. The Morgan fingerprint density at radius 3 is 2.89 bits per heavy atom. The quantitative estimate of drug-likeness (QED) is 0.867. The third-order valence-corrected chi connectivity index (χ3v) is 3.46. The normalized spacial score (nSPS) is 22.1. The maximum atomic E-state index is 6.13. The molecule has 4 heteroatoms. The van der Waals surface area contributed by atoms with Crippen LogP contribution in [0, 0.1) is 6.92 Å². The van der Waals surface area contributed by atoms with Crippen molar-refractivity contribution in [1.82, 2.24) is 10.5 Å². The summed E-state index contributed by atoms with van der Waals surface area (Å²) in [4.78, 5) is 0. The van der Waals surface area contributed by atoms with Gasteiger partial charge in [0.05, 0.1) is 12.2 Å². The average Bonchev–Trinajstić information content (AvgIpc) is 2.92. The second kappa shape index (κ2) is 4.55. The number of benzene rings is 1. The lowest BCUT2D eigenvalue weighted by Crippen LogP contribution is -2.19. The molecule has 0 aliphatic heterocycles. The first kappa shape index (κ1) is 11.4. The molecule has 0 bridgehead atoms. The van der Waals surface area contributed by atoms with Gasteiger partial charge in [-0.3, -0.25) is 0 Å². The molecule has 2 unspecified atom stereocenters. The molecule has 0 amide bonds. The van der Waals surface area contributed by atoms with Crippen LogP contribution in [0.2, 0.25) is 0 Å². The van der Waals surface area contributed by atoms with E-state index in [1.807, 2.05) is 19.1 Å². The van der Waals surface area contributed by atoms with Crippen LogP contribution in [-0.4, -0.2) is 5.16 Å². The fourth-order valence-electron chi connectivity index (χ4n) is 2.59. The second-order valence-corrected chi connectivity index (χ2v) is 4.84. The maximum Gasteiger partial charge on any atom is 0.150 e. The first-order valence-corrected chi connectivity index (χ1v) is 6.24. The van der Waals surface area contributed by atoms with Crippen LogP contribution >= 0.6 is 0 Å². The van der Waals surface area contributed by atoms with Gasteiger partial charge in [-0.2, -0.15) is 0 Å². The lowest BCUT2D eigenvalue weighted by molar-refractivity contribution is 0.358. The van der Waals surface area contributed by atoms with Gasteiger partial charge >= 0.3 is 0 Å². The Morgan fingerprint density at radius 2 is 2.17 bits per heavy atom. The Hall–Kier alpha value is -1.65. The summed E-state index contributed by atoms with van der Waals surface area (Å²) in [5.41, 5.74) is 9.61. The van der Waals surface area contributed by atoms with Crippen LogP contribution in [0.25, 0.3) is 0 Å². The van der Waals surface area contributed by atoms with Crippen molar-refractivity contribution in [1.29, 1.82) is 0 Å². The van der Waals surface area contributed by atoms with E-state index in [1.165, 1.54) is 11.1 Å². The van der Waals surface area contributed by atoms with Crippen LogP contribution in [0.1, 0.15) is 41.1 Å². The molecule has 0 radical (unpaired) electrons. The van der Waals surface area contributed by atoms with E-state index >= 15 is 0 Å². The fourth-order valence-corrected chi connectivity index (χ4v) is 2.59. The Balaban J connectivity index is 1.72. The molecule has 1 aliphatic carbocycles. The van der Waals surface area contributed by atoms with Crippen molar-refractivity contribution in [3.05, 3.63) is 52.9 Å². The van der Waals surface area contributed by atoms with E-state index in [0.29, 0.717) is 12.6 Å². The standard InChI is InChI=1S/C14H17N3O/c1-9-6-10(18-17-9)8-16-14-7-13(15)11-4-2-3-5-12(11)14/h2-6,13-14,16H,7-8,15H2,1H3. The number of aryl methyl sites for hydroxylation is 1.